The lowest BCUT2D eigenvalue weighted by Gasteiger charge is -2.27. The molecule has 1 aliphatic heterocycles. The highest BCUT2D eigenvalue weighted by Crippen LogP contribution is 2.26. The van der Waals surface area contributed by atoms with Gasteiger partial charge in [-0.05, 0) is 49.2 Å². The Kier molecular flexibility index (Phi) is 7.52. The summed E-state index contributed by atoms with van der Waals surface area (Å²) in [6, 6.07) is 10.9. The topological polar surface area (TPSA) is 41.6 Å². The highest BCUT2D eigenvalue weighted by Gasteiger charge is 2.18. The van der Waals surface area contributed by atoms with E-state index in [4.69, 9.17) is 27.9 Å². The number of rotatable bonds is 6. The summed E-state index contributed by atoms with van der Waals surface area (Å²) >= 11 is 14.0. The first-order valence-corrected chi connectivity index (χ1v) is 11.2. The van der Waals surface area contributed by atoms with Gasteiger partial charge in [-0.25, -0.2) is 0 Å². The van der Waals surface area contributed by atoms with Crippen LogP contribution in [0, 0.1) is 6.92 Å². The number of nitrogens with zero attached hydrogens (tertiary/aromatic N) is 1. The number of hydrogen-bond donors (Lipinski definition) is 1. The van der Waals surface area contributed by atoms with Crippen molar-refractivity contribution in [3.8, 4) is 5.75 Å². The van der Waals surface area contributed by atoms with Crippen LogP contribution in [0.4, 0.5) is 5.69 Å². The second kappa shape index (κ2) is 9.88. The molecule has 1 unspecified atom stereocenters. The minimum Gasteiger partial charge on any atom is -0.481 e. The highest BCUT2D eigenvalue weighted by molar-refractivity contribution is 7.99. The molecule has 1 atom stereocenters. The summed E-state index contributed by atoms with van der Waals surface area (Å²) in [5.41, 5.74) is 3.14. The van der Waals surface area contributed by atoms with Crippen molar-refractivity contribution in [1.29, 1.82) is 0 Å². The van der Waals surface area contributed by atoms with Crippen LogP contribution in [0.2, 0.25) is 10.0 Å². The molecule has 2 aromatic carbocycles. The van der Waals surface area contributed by atoms with Crippen molar-refractivity contribution in [3.63, 3.8) is 0 Å². The van der Waals surface area contributed by atoms with Gasteiger partial charge in [0.1, 0.15) is 5.75 Å². The lowest BCUT2D eigenvalue weighted by atomic mass is 10.1. The maximum absolute atomic E-state index is 12.6. The van der Waals surface area contributed by atoms with Crippen molar-refractivity contribution in [2.24, 2.45) is 0 Å². The molecule has 2 aromatic rings. The molecule has 1 aliphatic rings. The number of carbonyl (C=O) groups excluding carboxylic acids is 1. The van der Waals surface area contributed by atoms with E-state index < -0.39 is 6.10 Å². The molecule has 1 heterocycles. The lowest BCUT2D eigenvalue weighted by Crippen LogP contribution is -2.32. The molecule has 0 aliphatic carbocycles. The molecule has 0 radical (unpaired) electrons. The molecule has 1 N–H and O–H groups in total. The molecule has 0 saturated carbocycles. The lowest BCUT2D eigenvalue weighted by molar-refractivity contribution is -0.122. The number of carbonyl (C=O) groups is 1. The number of amides is 1. The number of anilines is 1. The third-order valence-corrected chi connectivity index (χ3v) is 6.10. The van der Waals surface area contributed by atoms with Crippen LogP contribution in [0.1, 0.15) is 18.1 Å². The molecule has 1 fully saturated rings. The average molecular weight is 439 g/mol. The van der Waals surface area contributed by atoms with E-state index in [1.165, 1.54) is 17.1 Å². The maximum Gasteiger partial charge on any atom is 0.265 e. The second-order valence-corrected chi connectivity index (χ2v) is 8.93. The van der Waals surface area contributed by atoms with E-state index >= 15 is 0 Å². The van der Waals surface area contributed by atoms with E-state index in [0.29, 0.717) is 15.8 Å². The number of ether oxygens (including phenoxy) is 1. The van der Waals surface area contributed by atoms with Gasteiger partial charge < -0.3 is 10.1 Å². The Labute approximate surface area is 180 Å². The van der Waals surface area contributed by atoms with E-state index in [2.05, 4.69) is 16.3 Å². The van der Waals surface area contributed by atoms with Crippen LogP contribution in [0.5, 0.6) is 5.75 Å². The molecule has 4 nitrogen and oxygen atoms in total. The Balaban J connectivity index is 1.65. The molecular formula is C21H24Cl2N2O2S. The monoisotopic (exact) mass is 438 g/mol. The Morgan fingerprint density at radius 1 is 1.21 bits per heavy atom. The Morgan fingerprint density at radius 2 is 1.89 bits per heavy atom. The van der Waals surface area contributed by atoms with Crippen molar-refractivity contribution < 1.29 is 9.53 Å². The second-order valence-electron chi connectivity index (χ2n) is 6.83. The highest BCUT2D eigenvalue weighted by atomic mass is 35.5. The fourth-order valence-electron chi connectivity index (χ4n) is 3.08. The Hall–Kier alpha value is -1.40. The first-order valence-electron chi connectivity index (χ1n) is 9.24. The first kappa shape index (κ1) is 21.3. The smallest absolute Gasteiger partial charge is 0.265 e. The fraction of sp³-hybridized carbons (Fsp3) is 0.381. The van der Waals surface area contributed by atoms with Gasteiger partial charge in [-0.2, -0.15) is 11.8 Å². The van der Waals surface area contributed by atoms with Gasteiger partial charge in [0.2, 0.25) is 0 Å². The van der Waals surface area contributed by atoms with Crippen LogP contribution < -0.4 is 10.1 Å². The molecule has 150 valence electrons. The zero-order chi connectivity index (χ0) is 20.1. The predicted molar refractivity (Wildman–Crippen MR) is 119 cm³/mol. The van der Waals surface area contributed by atoms with E-state index in [1.807, 2.05) is 30.8 Å². The van der Waals surface area contributed by atoms with Crippen molar-refractivity contribution in [3.05, 3.63) is 57.6 Å². The van der Waals surface area contributed by atoms with Gasteiger partial charge in [-0.1, -0.05) is 35.3 Å². The summed E-state index contributed by atoms with van der Waals surface area (Å²) in [7, 11) is 0. The van der Waals surface area contributed by atoms with Crippen LogP contribution in [-0.2, 0) is 11.3 Å². The van der Waals surface area contributed by atoms with Gasteiger partial charge in [-0.15, -0.1) is 0 Å². The standard InChI is InChI=1S/C21H24Cl2N2O2S/c1-14-16(13-25-6-8-28-9-7-25)4-3-5-20(14)24-21(26)15(2)27-19-11-17(22)10-18(23)12-19/h3-5,10-12,15H,6-9,13H2,1-2H3,(H,24,26). The van der Waals surface area contributed by atoms with Gasteiger partial charge in [0.25, 0.3) is 5.91 Å². The van der Waals surface area contributed by atoms with Crippen LogP contribution in [-0.4, -0.2) is 41.5 Å². The van der Waals surface area contributed by atoms with E-state index in [1.54, 1.807) is 25.1 Å². The molecule has 1 amide bonds. The minimum atomic E-state index is -0.684. The molecule has 0 aromatic heterocycles. The van der Waals surface area contributed by atoms with E-state index in [0.717, 1.165) is 30.9 Å². The van der Waals surface area contributed by atoms with Crippen LogP contribution in [0.15, 0.2) is 36.4 Å². The minimum absolute atomic E-state index is 0.217. The molecule has 1 saturated heterocycles. The maximum atomic E-state index is 12.6. The zero-order valence-electron chi connectivity index (χ0n) is 16.0. The number of benzene rings is 2. The van der Waals surface area contributed by atoms with Crippen molar-refractivity contribution in [2.75, 3.05) is 29.9 Å². The molecule has 0 spiro atoms. The number of thioether (sulfide) groups is 1. The Bertz CT molecular complexity index is 821. The Morgan fingerprint density at radius 3 is 2.57 bits per heavy atom. The SMILES string of the molecule is Cc1c(CN2CCSCC2)cccc1NC(=O)C(C)Oc1cc(Cl)cc(Cl)c1. The van der Waals surface area contributed by atoms with Crippen molar-refractivity contribution in [2.45, 2.75) is 26.5 Å². The molecular weight excluding hydrogens is 415 g/mol. The average Bonchev–Trinajstić information content (AvgIpc) is 2.65. The molecule has 7 heteroatoms. The van der Waals surface area contributed by atoms with Gasteiger partial charge in [0.05, 0.1) is 0 Å². The largest absolute Gasteiger partial charge is 0.481 e. The number of hydrogen-bond acceptors (Lipinski definition) is 4. The van der Waals surface area contributed by atoms with Crippen LogP contribution in [0.3, 0.4) is 0 Å². The summed E-state index contributed by atoms with van der Waals surface area (Å²) in [5, 5.41) is 3.92. The molecule has 3 rings (SSSR count). The molecule has 28 heavy (non-hydrogen) atoms. The number of nitrogens with one attached hydrogen (secondary N) is 1. The van der Waals surface area contributed by atoms with Gasteiger partial charge >= 0.3 is 0 Å². The van der Waals surface area contributed by atoms with Crippen LogP contribution in [0.25, 0.3) is 0 Å². The van der Waals surface area contributed by atoms with Crippen molar-refractivity contribution >= 4 is 46.6 Å². The zero-order valence-corrected chi connectivity index (χ0v) is 18.3. The quantitative estimate of drug-likeness (QED) is 0.667. The van der Waals surface area contributed by atoms with E-state index in [-0.39, 0.29) is 5.91 Å². The third-order valence-electron chi connectivity index (χ3n) is 4.72. The summed E-state index contributed by atoms with van der Waals surface area (Å²) in [6.45, 7) is 6.87. The normalized spacial score (nSPS) is 15.9. The van der Waals surface area contributed by atoms with Crippen LogP contribution >= 0.6 is 35.0 Å². The predicted octanol–water partition coefficient (Wildman–Crippen LogP) is 5.26. The van der Waals surface area contributed by atoms with Gasteiger partial charge in [0.15, 0.2) is 6.10 Å². The van der Waals surface area contributed by atoms with Gasteiger partial charge in [0, 0.05) is 46.9 Å². The summed E-state index contributed by atoms with van der Waals surface area (Å²) in [5.74, 6) is 2.61. The summed E-state index contributed by atoms with van der Waals surface area (Å²) < 4.78 is 5.71. The van der Waals surface area contributed by atoms with Gasteiger partial charge in [-0.3, -0.25) is 9.69 Å². The summed E-state index contributed by atoms with van der Waals surface area (Å²) in [4.78, 5) is 15.1. The fourth-order valence-corrected chi connectivity index (χ4v) is 4.56. The van der Waals surface area contributed by atoms with Crippen molar-refractivity contribution in [1.82, 2.24) is 4.90 Å². The molecule has 0 bridgehead atoms. The number of halogens is 2. The summed E-state index contributed by atoms with van der Waals surface area (Å²) in [6.07, 6.45) is -0.684. The van der Waals surface area contributed by atoms with E-state index in [9.17, 15) is 4.79 Å². The third kappa shape index (κ3) is 5.80. The first-order chi connectivity index (χ1) is 13.4.